The molecule has 1 saturated heterocycles. The summed E-state index contributed by atoms with van der Waals surface area (Å²) in [5.41, 5.74) is 1.61. The molecule has 6 heteroatoms. The Morgan fingerprint density at radius 2 is 2.35 bits per heavy atom. The van der Waals surface area contributed by atoms with Gasteiger partial charge in [-0.05, 0) is 13.0 Å². The van der Waals surface area contributed by atoms with Crippen molar-refractivity contribution in [1.29, 1.82) is 0 Å². The van der Waals surface area contributed by atoms with Gasteiger partial charge in [0.25, 0.3) is 0 Å². The zero-order valence-electron chi connectivity index (χ0n) is 9.70. The van der Waals surface area contributed by atoms with Crippen molar-refractivity contribution in [3.63, 3.8) is 0 Å². The minimum Gasteiger partial charge on any atom is -0.392 e. The fraction of sp³-hybridized carbons (Fsp3) is 0.545. The standard InChI is InChI=1S/C11H16N2O3S/c1-9-8-17(15,16)5-4-13(9)11-2-3-12-6-10(11)7-14/h2-3,6,9,14H,4-5,7-8H2,1H3. The molecule has 0 radical (unpaired) electrons. The second kappa shape index (κ2) is 4.62. The maximum absolute atomic E-state index is 11.5. The SMILES string of the molecule is CC1CS(=O)(=O)CCN1c1ccncc1CO. The Morgan fingerprint density at radius 1 is 1.59 bits per heavy atom. The van der Waals surface area contributed by atoms with E-state index >= 15 is 0 Å². The lowest BCUT2D eigenvalue weighted by atomic mass is 10.2. The third kappa shape index (κ3) is 2.58. The van der Waals surface area contributed by atoms with E-state index in [-0.39, 0.29) is 24.2 Å². The second-order valence-electron chi connectivity index (χ2n) is 4.32. The highest BCUT2D eigenvalue weighted by atomic mass is 32.2. The Bertz CT molecular complexity index is 501. The Kier molecular flexibility index (Phi) is 3.35. The van der Waals surface area contributed by atoms with E-state index in [1.165, 1.54) is 0 Å². The first kappa shape index (κ1) is 12.3. The minimum atomic E-state index is -2.91. The number of aliphatic hydroxyl groups is 1. The predicted octanol–water partition coefficient (Wildman–Crippen LogP) is 0.197. The molecule has 1 unspecified atom stereocenters. The van der Waals surface area contributed by atoms with E-state index in [4.69, 9.17) is 0 Å². The van der Waals surface area contributed by atoms with E-state index in [2.05, 4.69) is 4.98 Å². The summed E-state index contributed by atoms with van der Waals surface area (Å²) in [4.78, 5) is 5.98. The first-order chi connectivity index (χ1) is 8.03. The van der Waals surface area contributed by atoms with Crippen molar-refractivity contribution in [2.75, 3.05) is 23.0 Å². The number of anilines is 1. The molecular formula is C11H16N2O3S. The molecule has 0 amide bonds. The molecule has 17 heavy (non-hydrogen) atoms. The number of nitrogens with zero attached hydrogens (tertiary/aromatic N) is 2. The normalized spacial score (nSPS) is 23.6. The zero-order chi connectivity index (χ0) is 12.5. The van der Waals surface area contributed by atoms with Crippen LogP contribution in [0.4, 0.5) is 5.69 Å². The van der Waals surface area contributed by atoms with Gasteiger partial charge in [-0.1, -0.05) is 0 Å². The lowest BCUT2D eigenvalue weighted by Gasteiger charge is -2.36. The molecule has 1 fully saturated rings. The van der Waals surface area contributed by atoms with E-state index in [1.807, 2.05) is 17.9 Å². The van der Waals surface area contributed by atoms with Crippen molar-refractivity contribution in [1.82, 2.24) is 4.98 Å². The van der Waals surface area contributed by atoms with Gasteiger partial charge in [0.05, 0.1) is 18.1 Å². The number of sulfone groups is 1. The van der Waals surface area contributed by atoms with E-state index in [9.17, 15) is 13.5 Å². The number of rotatable bonds is 2. The summed E-state index contributed by atoms with van der Waals surface area (Å²) in [5, 5.41) is 9.25. The summed E-state index contributed by atoms with van der Waals surface area (Å²) < 4.78 is 23.0. The van der Waals surface area contributed by atoms with Crippen molar-refractivity contribution in [3.8, 4) is 0 Å². The lowest BCUT2D eigenvalue weighted by molar-refractivity contribution is 0.281. The highest BCUT2D eigenvalue weighted by Gasteiger charge is 2.29. The average Bonchev–Trinajstić information content (AvgIpc) is 2.28. The van der Waals surface area contributed by atoms with Crippen molar-refractivity contribution < 1.29 is 13.5 Å². The minimum absolute atomic E-state index is 0.0681. The summed E-state index contributed by atoms with van der Waals surface area (Å²) >= 11 is 0. The maximum atomic E-state index is 11.5. The van der Waals surface area contributed by atoms with E-state index < -0.39 is 9.84 Å². The Hall–Kier alpha value is -1.14. The Balaban J connectivity index is 2.29. The molecule has 2 heterocycles. The molecule has 0 aromatic carbocycles. The Morgan fingerprint density at radius 3 is 3.00 bits per heavy atom. The molecule has 1 aliphatic rings. The number of hydrogen-bond acceptors (Lipinski definition) is 5. The van der Waals surface area contributed by atoms with Gasteiger partial charge in [0, 0.05) is 36.2 Å². The molecule has 0 spiro atoms. The van der Waals surface area contributed by atoms with Gasteiger partial charge >= 0.3 is 0 Å². The molecule has 1 atom stereocenters. The number of pyridine rings is 1. The molecule has 0 saturated carbocycles. The van der Waals surface area contributed by atoms with Crippen LogP contribution in [0.15, 0.2) is 18.5 Å². The molecule has 1 aromatic rings. The van der Waals surface area contributed by atoms with Crippen LogP contribution in [0.1, 0.15) is 12.5 Å². The quantitative estimate of drug-likeness (QED) is 0.818. The van der Waals surface area contributed by atoms with Crippen LogP contribution in [0.3, 0.4) is 0 Å². The summed E-state index contributed by atoms with van der Waals surface area (Å²) in [7, 11) is -2.91. The van der Waals surface area contributed by atoms with E-state index in [1.54, 1.807) is 12.4 Å². The summed E-state index contributed by atoms with van der Waals surface area (Å²) in [6.45, 7) is 2.28. The Labute approximate surface area is 101 Å². The fourth-order valence-corrected chi connectivity index (χ4v) is 3.73. The molecule has 0 aliphatic carbocycles. The maximum Gasteiger partial charge on any atom is 0.154 e. The molecule has 5 nitrogen and oxygen atoms in total. The summed E-state index contributed by atoms with van der Waals surface area (Å²) in [6.07, 6.45) is 3.27. The van der Waals surface area contributed by atoms with Gasteiger partial charge in [-0.15, -0.1) is 0 Å². The van der Waals surface area contributed by atoms with Crippen molar-refractivity contribution in [2.24, 2.45) is 0 Å². The molecule has 2 rings (SSSR count). The van der Waals surface area contributed by atoms with Gasteiger partial charge in [0.15, 0.2) is 9.84 Å². The third-order valence-electron chi connectivity index (χ3n) is 3.03. The van der Waals surface area contributed by atoms with E-state index in [0.29, 0.717) is 6.54 Å². The number of hydrogen-bond donors (Lipinski definition) is 1. The second-order valence-corrected chi connectivity index (χ2v) is 6.55. The number of aliphatic hydroxyl groups excluding tert-OH is 1. The van der Waals surface area contributed by atoms with Crippen LogP contribution in [0, 0.1) is 0 Å². The van der Waals surface area contributed by atoms with Crippen LogP contribution in [0.2, 0.25) is 0 Å². The topological polar surface area (TPSA) is 70.5 Å². The highest BCUT2D eigenvalue weighted by molar-refractivity contribution is 7.91. The van der Waals surface area contributed by atoms with Gasteiger partial charge in [-0.2, -0.15) is 0 Å². The van der Waals surface area contributed by atoms with Crippen LogP contribution < -0.4 is 4.90 Å². The van der Waals surface area contributed by atoms with Crippen molar-refractivity contribution in [3.05, 3.63) is 24.0 Å². The monoisotopic (exact) mass is 256 g/mol. The van der Waals surface area contributed by atoms with E-state index in [0.717, 1.165) is 11.3 Å². The predicted molar refractivity (Wildman–Crippen MR) is 65.6 cm³/mol. The summed E-state index contributed by atoms with van der Waals surface area (Å²) in [6, 6.07) is 1.75. The third-order valence-corrected chi connectivity index (χ3v) is 4.82. The lowest BCUT2D eigenvalue weighted by Crippen LogP contribution is -2.47. The summed E-state index contributed by atoms with van der Waals surface area (Å²) in [5.74, 6) is 0.338. The van der Waals surface area contributed by atoms with Crippen LogP contribution in [-0.2, 0) is 16.4 Å². The van der Waals surface area contributed by atoms with Crippen LogP contribution in [0.25, 0.3) is 0 Å². The average molecular weight is 256 g/mol. The first-order valence-corrected chi connectivity index (χ1v) is 7.36. The molecule has 0 bridgehead atoms. The molecule has 1 N–H and O–H groups in total. The first-order valence-electron chi connectivity index (χ1n) is 5.54. The van der Waals surface area contributed by atoms with Gasteiger partial charge in [-0.3, -0.25) is 4.98 Å². The molecule has 1 aromatic heterocycles. The van der Waals surface area contributed by atoms with Crippen molar-refractivity contribution in [2.45, 2.75) is 19.6 Å². The molecule has 94 valence electrons. The van der Waals surface area contributed by atoms with Crippen LogP contribution in [-0.4, -0.2) is 42.6 Å². The van der Waals surface area contributed by atoms with Gasteiger partial charge in [0.2, 0.25) is 0 Å². The number of aromatic nitrogens is 1. The van der Waals surface area contributed by atoms with Gasteiger partial charge in [0.1, 0.15) is 0 Å². The van der Waals surface area contributed by atoms with Gasteiger partial charge in [-0.25, -0.2) is 8.42 Å². The highest BCUT2D eigenvalue weighted by Crippen LogP contribution is 2.24. The van der Waals surface area contributed by atoms with Crippen molar-refractivity contribution >= 4 is 15.5 Å². The zero-order valence-corrected chi connectivity index (χ0v) is 10.5. The van der Waals surface area contributed by atoms with Crippen LogP contribution in [0.5, 0.6) is 0 Å². The molecule has 1 aliphatic heterocycles. The van der Waals surface area contributed by atoms with Crippen LogP contribution >= 0.6 is 0 Å². The van der Waals surface area contributed by atoms with Gasteiger partial charge < -0.3 is 10.0 Å². The smallest absolute Gasteiger partial charge is 0.154 e. The molecular weight excluding hydrogens is 240 g/mol. The fourth-order valence-electron chi connectivity index (χ4n) is 2.18. The largest absolute Gasteiger partial charge is 0.392 e.